The lowest BCUT2D eigenvalue weighted by molar-refractivity contribution is -0.143. The lowest BCUT2D eigenvalue weighted by Gasteiger charge is -2.06. The summed E-state index contributed by atoms with van der Waals surface area (Å²) < 4.78 is 31.8. The molecule has 2 aromatic carbocycles. The predicted molar refractivity (Wildman–Crippen MR) is 130 cm³/mol. The second-order valence-corrected chi connectivity index (χ2v) is 11.1. The molecule has 0 saturated carbocycles. The third kappa shape index (κ3) is 6.89. The molecule has 0 fully saturated rings. The van der Waals surface area contributed by atoms with Crippen LogP contribution in [-0.2, 0) is 36.5 Å². The summed E-state index contributed by atoms with van der Waals surface area (Å²) in [5.74, 6) is -1.21. The lowest BCUT2D eigenvalue weighted by atomic mass is 10.2. The largest absolute Gasteiger partial charge is 0.465 e. The van der Waals surface area contributed by atoms with E-state index in [2.05, 4.69) is 4.99 Å². The van der Waals surface area contributed by atoms with Gasteiger partial charge in [-0.2, -0.15) is 4.99 Å². The van der Waals surface area contributed by atoms with Crippen LogP contribution in [0.25, 0.3) is 10.2 Å². The first-order valence-corrected chi connectivity index (χ1v) is 13.5. The number of carbonyl (C=O) groups excluding carboxylic acids is 2. The number of hydrogen-bond donors (Lipinski definition) is 0. The maximum absolute atomic E-state index is 12.5. The van der Waals surface area contributed by atoms with E-state index in [1.807, 2.05) is 6.07 Å². The molecule has 0 bridgehead atoms. The Balaban J connectivity index is 1.79. The zero-order valence-electron chi connectivity index (χ0n) is 17.8. The van der Waals surface area contributed by atoms with E-state index in [4.69, 9.17) is 27.9 Å². The van der Waals surface area contributed by atoms with E-state index in [0.717, 1.165) is 11.3 Å². The number of nitrogens with zero attached hydrogens (tertiary/aromatic N) is 2. The number of benzene rings is 2. The molecular weight excluding hydrogens is 507 g/mol. The van der Waals surface area contributed by atoms with E-state index >= 15 is 0 Å². The van der Waals surface area contributed by atoms with Gasteiger partial charge in [0.25, 0.3) is 0 Å². The van der Waals surface area contributed by atoms with Crippen molar-refractivity contribution in [1.29, 1.82) is 0 Å². The Labute approximate surface area is 205 Å². The van der Waals surface area contributed by atoms with Crippen molar-refractivity contribution in [2.75, 3.05) is 12.4 Å². The number of amides is 1. The molecule has 176 valence electrons. The van der Waals surface area contributed by atoms with Crippen LogP contribution in [0.1, 0.15) is 25.3 Å². The van der Waals surface area contributed by atoms with Crippen LogP contribution in [0.5, 0.6) is 0 Å². The number of rotatable bonds is 9. The van der Waals surface area contributed by atoms with Crippen LogP contribution in [0.2, 0.25) is 10.0 Å². The fourth-order valence-electron chi connectivity index (χ4n) is 3.18. The van der Waals surface area contributed by atoms with E-state index in [9.17, 15) is 18.0 Å². The van der Waals surface area contributed by atoms with Gasteiger partial charge in [0.2, 0.25) is 5.91 Å². The highest BCUT2D eigenvalue weighted by atomic mass is 35.5. The molecule has 1 amide bonds. The van der Waals surface area contributed by atoms with Crippen molar-refractivity contribution >= 4 is 66.5 Å². The van der Waals surface area contributed by atoms with E-state index in [1.165, 1.54) is 4.57 Å². The molecule has 1 aromatic heterocycles. The first-order chi connectivity index (χ1) is 15.7. The van der Waals surface area contributed by atoms with Gasteiger partial charge < -0.3 is 9.30 Å². The van der Waals surface area contributed by atoms with Gasteiger partial charge in [0, 0.05) is 6.42 Å². The Morgan fingerprint density at radius 1 is 1.09 bits per heavy atom. The summed E-state index contributed by atoms with van der Waals surface area (Å²) in [7, 11) is -3.36. The number of thiazole rings is 1. The zero-order valence-corrected chi connectivity index (χ0v) is 20.9. The minimum absolute atomic E-state index is 0.0524. The quantitative estimate of drug-likeness (QED) is 0.383. The minimum Gasteiger partial charge on any atom is -0.465 e. The maximum Gasteiger partial charge on any atom is 0.326 e. The predicted octanol–water partition coefficient (Wildman–Crippen LogP) is 4.40. The van der Waals surface area contributed by atoms with Crippen LogP contribution in [-0.4, -0.2) is 37.2 Å². The van der Waals surface area contributed by atoms with Crippen molar-refractivity contribution in [3.05, 3.63) is 62.9 Å². The summed E-state index contributed by atoms with van der Waals surface area (Å²) in [5, 5.41) is 0.772. The topological polar surface area (TPSA) is 94.8 Å². The number of ether oxygens (including phenoxy) is 1. The fourth-order valence-corrected chi connectivity index (χ4v) is 6.28. The molecule has 3 aromatic rings. The Morgan fingerprint density at radius 3 is 2.48 bits per heavy atom. The Morgan fingerprint density at radius 2 is 1.79 bits per heavy atom. The van der Waals surface area contributed by atoms with E-state index in [-0.39, 0.29) is 42.3 Å². The lowest BCUT2D eigenvalue weighted by Crippen LogP contribution is -2.23. The standard InChI is InChI=1S/C22H22Cl2N2O5S2/c1-2-31-19(28)13-26-20-16(23)10-11-17(24)21(20)32-22(26)25-18(27)9-6-12-33(29,30)14-15-7-4-3-5-8-15/h3-5,7-8,10-11H,2,6,9,12-14H2,1H3. The van der Waals surface area contributed by atoms with Gasteiger partial charge in [0.15, 0.2) is 14.6 Å². The van der Waals surface area contributed by atoms with Crippen molar-refractivity contribution in [2.45, 2.75) is 32.1 Å². The Bertz CT molecular complexity index is 1330. The first-order valence-electron chi connectivity index (χ1n) is 10.1. The van der Waals surface area contributed by atoms with Crippen LogP contribution >= 0.6 is 34.5 Å². The first kappa shape index (κ1) is 25.4. The molecule has 0 atom stereocenters. The van der Waals surface area contributed by atoms with Crippen molar-refractivity contribution in [3.8, 4) is 0 Å². The Kier molecular flexibility index (Phi) is 8.69. The molecule has 0 saturated heterocycles. The second kappa shape index (κ2) is 11.3. The van der Waals surface area contributed by atoms with Crippen molar-refractivity contribution in [3.63, 3.8) is 0 Å². The molecular formula is C22H22Cl2N2O5S2. The van der Waals surface area contributed by atoms with Gasteiger partial charge in [0.05, 0.1) is 38.4 Å². The molecule has 33 heavy (non-hydrogen) atoms. The van der Waals surface area contributed by atoms with Crippen LogP contribution in [0.15, 0.2) is 47.5 Å². The highest BCUT2D eigenvalue weighted by molar-refractivity contribution is 7.90. The number of hydrogen-bond acceptors (Lipinski definition) is 6. The van der Waals surface area contributed by atoms with Crippen molar-refractivity contribution < 1.29 is 22.7 Å². The van der Waals surface area contributed by atoms with Gasteiger partial charge in [0.1, 0.15) is 6.54 Å². The van der Waals surface area contributed by atoms with Gasteiger partial charge in [-0.25, -0.2) is 8.42 Å². The molecule has 0 aliphatic carbocycles. The third-order valence-electron chi connectivity index (χ3n) is 4.62. The second-order valence-electron chi connectivity index (χ2n) is 7.17. The van der Waals surface area contributed by atoms with E-state index < -0.39 is 21.7 Å². The summed E-state index contributed by atoms with van der Waals surface area (Å²) >= 11 is 13.7. The summed E-state index contributed by atoms with van der Waals surface area (Å²) in [6.45, 7) is 1.71. The monoisotopic (exact) mass is 528 g/mol. The minimum atomic E-state index is -3.36. The summed E-state index contributed by atoms with van der Waals surface area (Å²) in [6.07, 6.45) is 0.0882. The van der Waals surface area contributed by atoms with Gasteiger partial charge in [-0.05, 0) is 31.0 Å². The SMILES string of the molecule is CCOC(=O)Cn1c(=NC(=O)CCCS(=O)(=O)Cc2ccccc2)sc2c(Cl)ccc(Cl)c21. The molecule has 0 N–H and O–H groups in total. The van der Waals surface area contributed by atoms with Gasteiger partial charge in [-0.1, -0.05) is 64.9 Å². The van der Waals surface area contributed by atoms with Crippen LogP contribution in [0, 0.1) is 0 Å². The molecule has 0 spiro atoms. The van der Waals surface area contributed by atoms with Crippen LogP contribution in [0.3, 0.4) is 0 Å². The summed E-state index contributed by atoms with van der Waals surface area (Å²) in [5.41, 5.74) is 1.19. The zero-order chi connectivity index (χ0) is 24.0. The van der Waals surface area contributed by atoms with Crippen molar-refractivity contribution in [2.24, 2.45) is 4.99 Å². The maximum atomic E-state index is 12.5. The van der Waals surface area contributed by atoms with Crippen LogP contribution in [0.4, 0.5) is 0 Å². The number of aromatic nitrogens is 1. The van der Waals surface area contributed by atoms with Gasteiger partial charge in [-0.3, -0.25) is 9.59 Å². The Hall–Kier alpha value is -2.20. The summed E-state index contributed by atoms with van der Waals surface area (Å²) in [4.78, 5) is 29.0. The number of halogens is 2. The smallest absolute Gasteiger partial charge is 0.326 e. The molecule has 0 aliphatic rings. The van der Waals surface area contributed by atoms with E-state index in [0.29, 0.717) is 25.8 Å². The van der Waals surface area contributed by atoms with Gasteiger partial charge >= 0.3 is 5.97 Å². The van der Waals surface area contributed by atoms with E-state index in [1.54, 1.807) is 43.3 Å². The normalized spacial score (nSPS) is 12.3. The highest BCUT2D eigenvalue weighted by Crippen LogP contribution is 2.32. The number of sulfone groups is 1. The summed E-state index contributed by atoms with van der Waals surface area (Å²) in [6, 6.07) is 12.1. The molecule has 1 heterocycles. The van der Waals surface area contributed by atoms with Crippen molar-refractivity contribution in [1.82, 2.24) is 4.57 Å². The number of esters is 1. The number of fused-ring (bicyclic) bond motifs is 1. The molecule has 0 aliphatic heterocycles. The molecule has 3 rings (SSSR count). The molecule has 0 radical (unpaired) electrons. The fraction of sp³-hybridized carbons (Fsp3) is 0.318. The molecule has 11 heteroatoms. The van der Waals surface area contributed by atoms with Gasteiger partial charge in [-0.15, -0.1) is 0 Å². The average Bonchev–Trinajstić information content (AvgIpc) is 3.10. The molecule has 0 unspecified atom stereocenters. The average molecular weight is 529 g/mol. The third-order valence-corrected chi connectivity index (χ3v) is 8.14. The highest BCUT2D eigenvalue weighted by Gasteiger charge is 2.17. The van der Waals surface area contributed by atoms with Crippen LogP contribution < -0.4 is 4.80 Å². The number of carbonyl (C=O) groups is 2. The molecule has 7 nitrogen and oxygen atoms in total.